The molecule has 0 aliphatic carbocycles. The molecule has 1 saturated heterocycles. The molecule has 1 fully saturated rings. The fourth-order valence-electron chi connectivity index (χ4n) is 4.10. The molecule has 1 atom stereocenters. The Morgan fingerprint density at radius 2 is 1.71 bits per heavy atom. The first-order chi connectivity index (χ1) is 16.9. The summed E-state index contributed by atoms with van der Waals surface area (Å²) in [5.41, 5.74) is 3.15. The highest BCUT2D eigenvalue weighted by Crippen LogP contribution is 2.37. The second kappa shape index (κ2) is 10.4. The molecule has 0 aromatic heterocycles. The quantitative estimate of drug-likeness (QED) is 0.273. The van der Waals surface area contributed by atoms with Crippen LogP contribution in [-0.2, 0) is 11.3 Å². The zero-order valence-electron chi connectivity index (χ0n) is 19.7. The van der Waals surface area contributed by atoms with Gasteiger partial charge in [-0.2, -0.15) is 5.10 Å². The topological polar surface area (TPSA) is 97.5 Å². The van der Waals surface area contributed by atoms with Crippen LogP contribution < -0.4 is 9.47 Å². The molecule has 1 aliphatic rings. The smallest absolute Gasteiger partial charge is 0.269 e. The van der Waals surface area contributed by atoms with Crippen LogP contribution in [0, 0.1) is 10.1 Å². The van der Waals surface area contributed by atoms with E-state index in [4.69, 9.17) is 9.47 Å². The maximum absolute atomic E-state index is 13.2. The summed E-state index contributed by atoms with van der Waals surface area (Å²) in [7, 11) is 3.14. The van der Waals surface area contributed by atoms with Crippen LogP contribution in [0.2, 0.25) is 0 Å². The van der Waals surface area contributed by atoms with Crippen LogP contribution in [0.3, 0.4) is 0 Å². The molecule has 9 nitrogen and oxygen atoms in total. The molecule has 1 heterocycles. The van der Waals surface area contributed by atoms with E-state index >= 15 is 0 Å². The Kier molecular flexibility index (Phi) is 7.07. The number of benzene rings is 3. The normalized spacial score (nSPS) is 16.4. The molecule has 0 unspecified atom stereocenters. The summed E-state index contributed by atoms with van der Waals surface area (Å²) in [6, 6.07) is 21.6. The van der Waals surface area contributed by atoms with E-state index in [0.717, 1.165) is 11.1 Å². The van der Waals surface area contributed by atoms with Gasteiger partial charge in [0.15, 0.2) is 11.5 Å². The van der Waals surface area contributed by atoms with Crippen LogP contribution in [0.1, 0.15) is 29.8 Å². The minimum absolute atomic E-state index is 0.00367. The Morgan fingerprint density at radius 3 is 2.34 bits per heavy atom. The van der Waals surface area contributed by atoms with Gasteiger partial charge in [0.1, 0.15) is 6.17 Å². The molecule has 3 aromatic carbocycles. The number of nitrogens with zero attached hydrogens (tertiary/aromatic N) is 4. The van der Waals surface area contributed by atoms with Gasteiger partial charge in [-0.15, -0.1) is 0 Å². The number of ether oxygens (including phenoxy) is 2. The van der Waals surface area contributed by atoms with Gasteiger partial charge in [0.25, 0.3) is 11.6 Å². The number of carbonyl (C=O) groups excluding carboxylic acids is 1. The third-order valence-corrected chi connectivity index (χ3v) is 5.86. The van der Waals surface area contributed by atoms with Crippen LogP contribution in [0.25, 0.3) is 0 Å². The number of hydrogen-bond donors (Lipinski definition) is 0. The van der Waals surface area contributed by atoms with Crippen molar-refractivity contribution in [2.24, 2.45) is 5.10 Å². The van der Waals surface area contributed by atoms with Gasteiger partial charge >= 0.3 is 0 Å². The Labute approximate surface area is 203 Å². The molecule has 1 amide bonds. The minimum atomic E-state index is -0.476. The lowest BCUT2D eigenvalue weighted by Crippen LogP contribution is -2.29. The number of amides is 1. The van der Waals surface area contributed by atoms with Gasteiger partial charge < -0.3 is 9.47 Å². The number of nitro benzene ring substituents is 1. The molecule has 0 spiro atoms. The van der Waals surface area contributed by atoms with Gasteiger partial charge in [0, 0.05) is 18.7 Å². The second-order valence-corrected chi connectivity index (χ2v) is 8.11. The van der Waals surface area contributed by atoms with Crippen molar-refractivity contribution >= 4 is 17.3 Å². The van der Waals surface area contributed by atoms with Gasteiger partial charge in [0.2, 0.25) is 0 Å². The molecule has 180 valence electrons. The molecule has 0 N–H and O–H groups in total. The van der Waals surface area contributed by atoms with Crippen LogP contribution in [0.5, 0.6) is 11.5 Å². The van der Waals surface area contributed by atoms with E-state index < -0.39 is 11.1 Å². The van der Waals surface area contributed by atoms with Gasteiger partial charge in [-0.3, -0.25) is 19.8 Å². The van der Waals surface area contributed by atoms with E-state index in [9.17, 15) is 14.9 Å². The minimum Gasteiger partial charge on any atom is -0.493 e. The first kappa shape index (κ1) is 23.9. The van der Waals surface area contributed by atoms with Crippen molar-refractivity contribution < 1.29 is 19.2 Å². The van der Waals surface area contributed by atoms with Crippen molar-refractivity contribution in [3.05, 3.63) is 99.6 Å². The number of hydrazone groups is 1. The Balaban J connectivity index is 1.73. The zero-order valence-corrected chi connectivity index (χ0v) is 19.7. The predicted octanol–water partition coefficient (Wildman–Crippen LogP) is 4.38. The van der Waals surface area contributed by atoms with Crippen LogP contribution >= 0.6 is 0 Å². The number of methoxy groups -OCH3 is 2. The summed E-state index contributed by atoms with van der Waals surface area (Å²) < 4.78 is 10.9. The summed E-state index contributed by atoms with van der Waals surface area (Å²) in [5, 5.41) is 17.1. The number of carbonyl (C=O) groups is 1. The van der Waals surface area contributed by atoms with Gasteiger partial charge in [-0.1, -0.05) is 36.4 Å². The molecule has 35 heavy (non-hydrogen) atoms. The standard InChI is InChI=1S/C26H26N4O5/c1-18(20-9-12-22(13-10-20)30(32)33)27-29-25(31)17-28(16-19-7-5-4-6-8-19)26(29)21-11-14-23(34-2)24(15-21)35-3/h4-15,26H,16-17H2,1-3H3/b27-18-/t26-/m0/s1. The van der Waals surface area contributed by atoms with E-state index in [1.165, 1.54) is 17.1 Å². The number of hydrogen-bond acceptors (Lipinski definition) is 7. The largest absolute Gasteiger partial charge is 0.493 e. The first-order valence-corrected chi connectivity index (χ1v) is 11.0. The molecular weight excluding hydrogens is 448 g/mol. The fraction of sp³-hybridized carbons (Fsp3) is 0.231. The fourth-order valence-corrected chi connectivity index (χ4v) is 4.10. The van der Waals surface area contributed by atoms with Gasteiger partial charge in [-0.25, -0.2) is 5.01 Å². The highest BCUT2D eigenvalue weighted by molar-refractivity contribution is 5.99. The van der Waals surface area contributed by atoms with E-state index in [1.807, 2.05) is 53.4 Å². The molecular formula is C26H26N4O5. The van der Waals surface area contributed by atoms with Crippen LogP contribution in [0.15, 0.2) is 77.9 Å². The summed E-state index contributed by atoms with van der Waals surface area (Å²) in [6.45, 7) is 2.51. The predicted molar refractivity (Wildman–Crippen MR) is 131 cm³/mol. The average Bonchev–Trinajstić information content (AvgIpc) is 3.18. The highest BCUT2D eigenvalue weighted by Gasteiger charge is 2.39. The van der Waals surface area contributed by atoms with Crippen molar-refractivity contribution in [1.29, 1.82) is 0 Å². The first-order valence-electron chi connectivity index (χ1n) is 11.0. The third-order valence-electron chi connectivity index (χ3n) is 5.86. The number of rotatable bonds is 8. The van der Waals surface area contributed by atoms with Crippen molar-refractivity contribution in [2.45, 2.75) is 19.6 Å². The average molecular weight is 475 g/mol. The van der Waals surface area contributed by atoms with Gasteiger partial charge in [0.05, 0.1) is 31.4 Å². The van der Waals surface area contributed by atoms with Crippen molar-refractivity contribution in [3.63, 3.8) is 0 Å². The van der Waals surface area contributed by atoms with Crippen molar-refractivity contribution in [2.75, 3.05) is 20.8 Å². The van der Waals surface area contributed by atoms with E-state index in [2.05, 4.69) is 5.10 Å². The second-order valence-electron chi connectivity index (χ2n) is 8.11. The third kappa shape index (κ3) is 5.15. The number of nitro groups is 1. The zero-order chi connectivity index (χ0) is 24.9. The SMILES string of the molecule is COc1ccc([C@H]2N(Cc3ccccc3)CC(=O)N2/N=C(/C)c2ccc([N+](=O)[O-])cc2)cc1OC. The Morgan fingerprint density at radius 1 is 1.03 bits per heavy atom. The number of non-ortho nitro benzene ring substituents is 1. The highest BCUT2D eigenvalue weighted by atomic mass is 16.6. The summed E-state index contributed by atoms with van der Waals surface area (Å²) >= 11 is 0. The molecule has 9 heteroatoms. The van der Waals surface area contributed by atoms with Crippen molar-refractivity contribution in [3.8, 4) is 11.5 Å². The molecule has 0 bridgehead atoms. The van der Waals surface area contributed by atoms with Crippen LogP contribution in [0.4, 0.5) is 5.69 Å². The Hall–Kier alpha value is -4.24. The lowest BCUT2D eigenvalue weighted by Gasteiger charge is -2.28. The summed E-state index contributed by atoms with van der Waals surface area (Å²) in [4.78, 5) is 25.8. The molecule has 0 radical (unpaired) electrons. The van der Waals surface area contributed by atoms with Crippen molar-refractivity contribution in [1.82, 2.24) is 9.91 Å². The van der Waals surface area contributed by atoms with Gasteiger partial charge in [-0.05, 0) is 47.9 Å². The summed E-state index contributed by atoms with van der Waals surface area (Å²) in [5.74, 6) is 0.995. The Bertz CT molecular complexity index is 1240. The monoisotopic (exact) mass is 474 g/mol. The van der Waals surface area contributed by atoms with E-state index in [0.29, 0.717) is 29.3 Å². The lowest BCUT2D eigenvalue weighted by atomic mass is 10.1. The van der Waals surface area contributed by atoms with E-state index in [-0.39, 0.29) is 18.1 Å². The maximum Gasteiger partial charge on any atom is 0.269 e. The molecule has 3 aromatic rings. The van der Waals surface area contributed by atoms with E-state index in [1.54, 1.807) is 33.3 Å². The molecule has 4 rings (SSSR count). The lowest BCUT2D eigenvalue weighted by molar-refractivity contribution is -0.384. The molecule has 1 aliphatic heterocycles. The van der Waals surface area contributed by atoms with Crippen LogP contribution in [-0.4, -0.2) is 47.2 Å². The molecule has 0 saturated carbocycles. The maximum atomic E-state index is 13.2. The summed E-state index contributed by atoms with van der Waals surface area (Å²) in [6.07, 6.45) is -0.476.